The number of halogens is 2. The van der Waals surface area contributed by atoms with Gasteiger partial charge >= 0.3 is 6.09 Å². The molecule has 0 aliphatic carbocycles. The first kappa shape index (κ1) is 32.6. The number of rotatable bonds is 9. The molecule has 2 amide bonds. The second-order valence-corrected chi connectivity index (χ2v) is 15.3. The SMILES string of the molecule is Cn1nc(NS(C)(=O)=O)c2cccc(-c3cc4sc(N5CCC6(CC5)CNC(=O)O6)nc4nc3[C@H](CC(N)=O)Cc3cc(F)cc(F)c3)c21. The quantitative estimate of drug-likeness (QED) is 0.203. The number of ether oxygens (including phenoxy) is 1. The van der Waals surface area contributed by atoms with Crippen LogP contribution in [0.1, 0.15) is 36.4 Å². The Hall–Kier alpha value is -4.90. The van der Waals surface area contributed by atoms with E-state index >= 15 is 0 Å². The number of amides is 2. The van der Waals surface area contributed by atoms with Crippen LogP contribution >= 0.6 is 11.3 Å². The zero-order valence-electron chi connectivity index (χ0n) is 26.5. The number of aromatic nitrogens is 4. The molecule has 4 N–H and O–H groups in total. The van der Waals surface area contributed by atoms with Gasteiger partial charge in [-0.05, 0) is 36.2 Å². The molecule has 5 aromatic rings. The summed E-state index contributed by atoms with van der Waals surface area (Å²) in [6, 6.07) is 10.5. The van der Waals surface area contributed by atoms with E-state index in [0.717, 1.165) is 22.2 Å². The second-order valence-electron chi connectivity index (χ2n) is 12.5. The number of piperidine rings is 1. The van der Waals surface area contributed by atoms with Crippen molar-refractivity contribution < 1.29 is 31.5 Å². The maximum atomic E-state index is 14.3. The number of hydrogen-bond acceptors (Lipinski definition) is 10. The van der Waals surface area contributed by atoms with E-state index in [2.05, 4.69) is 20.0 Å². The van der Waals surface area contributed by atoms with Crippen molar-refractivity contribution in [2.24, 2.45) is 12.8 Å². The maximum absolute atomic E-state index is 14.3. The van der Waals surface area contributed by atoms with E-state index in [1.807, 2.05) is 12.1 Å². The van der Waals surface area contributed by atoms with E-state index in [0.29, 0.717) is 71.4 Å². The number of thiazole rings is 1. The van der Waals surface area contributed by atoms with Crippen LogP contribution in [0.25, 0.3) is 32.4 Å². The fourth-order valence-corrected chi connectivity index (χ4v) is 8.24. The van der Waals surface area contributed by atoms with E-state index in [-0.39, 0.29) is 18.7 Å². The third kappa shape index (κ3) is 6.59. The third-order valence-corrected chi connectivity index (χ3v) is 10.5. The summed E-state index contributed by atoms with van der Waals surface area (Å²) in [7, 11) is -1.96. The summed E-state index contributed by atoms with van der Waals surface area (Å²) in [5, 5.41) is 8.42. The zero-order chi connectivity index (χ0) is 34.7. The van der Waals surface area contributed by atoms with Crippen LogP contribution in [0, 0.1) is 11.6 Å². The highest BCUT2D eigenvalue weighted by Crippen LogP contribution is 2.42. The lowest BCUT2D eigenvalue weighted by Crippen LogP contribution is -2.46. The van der Waals surface area contributed by atoms with Gasteiger partial charge in [0, 0.05) is 67.9 Å². The van der Waals surface area contributed by atoms with Gasteiger partial charge in [0.05, 0.1) is 28.7 Å². The zero-order valence-corrected chi connectivity index (χ0v) is 28.1. The van der Waals surface area contributed by atoms with Crippen LogP contribution in [-0.2, 0) is 33.0 Å². The van der Waals surface area contributed by atoms with Gasteiger partial charge < -0.3 is 20.7 Å². The van der Waals surface area contributed by atoms with E-state index in [1.54, 1.807) is 23.9 Å². The van der Waals surface area contributed by atoms with Crippen molar-refractivity contribution in [3.63, 3.8) is 0 Å². The first-order valence-electron chi connectivity index (χ1n) is 15.5. The number of benzene rings is 2. The monoisotopic (exact) mass is 710 g/mol. The topological polar surface area (TPSA) is 174 Å². The standard InChI is InChI=1S/C32H32F2N8O5S2/c1-41-27-21(4-3-5-22(27)28(39-41)40-49(2,45)46)23-15-24-29(38-30(48-24)42-8-6-32(7-9-42)16-36-31(44)47-32)37-26(23)18(13-25(35)43)10-17-11-19(33)14-20(34)12-17/h3-5,11-12,14-15,18H,6-10,13,16H2,1-2H3,(H2,35,43)(H,36,44)(H,39,40)/t18-/m0/s1. The van der Waals surface area contributed by atoms with Crippen LogP contribution in [0.3, 0.4) is 0 Å². The minimum absolute atomic E-state index is 0.0450. The first-order valence-corrected chi connectivity index (χ1v) is 18.2. The van der Waals surface area contributed by atoms with Crippen LogP contribution in [-0.4, -0.2) is 71.7 Å². The molecule has 2 aromatic carbocycles. The van der Waals surface area contributed by atoms with E-state index in [9.17, 15) is 26.8 Å². The van der Waals surface area contributed by atoms with E-state index < -0.39 is 45.2 Å². The summed E-state index contributed by atoms with van der Waals surface area (Å²) in [6.07, 6.45) is 1.75. The van der Waals surface area contributed by atoms with Gasteiger partial charge in [0.2, 0.25) is 15.9 Å². The largest absolute Gasteiger partial charge is 0.441 e. The molecule has 2 aliphatic heterocycles. The van der Waals surface area contributed by atoms with Gasteiger partial charge in [-0.25, -0.2) is 27.0 Å². The summed E-state index contributed by atoms with van der Waals surface area (Å²) < 4.78 is 63.2. The number of alkyl carbamates (subject to hydrolysis) is 1. The Labute approximate surface area is 283 Å². The van der Waals surface area contributed by atoms with Crippen molar-refractivity contribution in [1.29, 1.82) is 0 Å². The number of fused-ring (bicyclic) bond motifs is 2. The van der Waals surface area contributed by atoms with Crippen LogP contribution in [0.4, 0.5) is 24.5 Å². The highest BCUT2D eigenvalue weighted by molar-refractivity contribution is 7.92. The average Bonchev–Trinajstić information content (AvgIpc) is 3.69. The normalized spacial score (nSPS) is 16.7. The fourth-order valence-electron chi connectivity index (χ4n) is 6.74. The van der Waals surface area contributed by atoms with E-state index in [4.69, 9.17) is 20.4 Å². The Balaban J connectivity index is 1.37. The summed E-state index contributed by atoms with van der Waals surface area (Å²) in [4.78, 5) is 36.2. The lowest BCUT2D eigenvalue weighted by molar-refractivity contribution is -0.118. The molecule has 1 spiro atoms. The minimum atomic E-state index is -3.65. The molecule has 2 saturated heterocycles. The number of carbonyl (C=O) groups excluding carboxylic acids is 2. The molecule has 49 heavy (non-hydrogen) atoms. The molecule has 13 nitrogen and oxygen atoms in total. The summed E-state index contributed by atoms with van der Waals surface area (Å²) >= 11 is 1.43. The number of pyridine rings is 1. The molecule has 2 aliphatic rings. The smallest absolute Gasteiger partial charge is 0.407 e. The number of nitrogens with one attached hydrogen (secondary N) is 2. The molecule has 2 fully saturated rings. The van der Waals surface area contributed by atoms with Crippen molar-refractivity contribution in [3.05, 3.63) is 65.4 Å². The van der Waals surface area contributed by atoms with Crippen molar-refractivity contribution >= 4 is 65.6 Å². The van der Waals surface area contributed by atoms with Gasteiger partial charge in [-0.1, -0.05) is 23.5 Å². The fraction of sp³-hybridized carbons (Fsp3) is 0.344. The third-order valence-electron chi connectivity index (χ3n) is 8.89. The maximum Gasteiger partial charge on any atom is 0.407 e. The van der Waals surface area contributed by atoms with Crippen molar-refractivity contribution in [2.75, 3.05) is 35.5 Å². The Kier molecular flexibility index (Phi) is 8.13. The molecule has 0 saturated carbocycles. The molecule has 7 rings (SSSR count). The number of primary amides is 1. The Morgan fingerprint density at radius 1 is 1.14 bits per heavy atom. The Morgan fingerprint density at radius 2 is 1.88 bits per heavy atom. The second kappa shape index (κ2) is 12.2. The van der Waals surface area contributed by atoms with Gasteiger partial charge in [0.1, 0.15) is 17.2 Å². The molecule has 0 radical (unpaired) electrons. The Morgan fingerprint density at radius 3 is 2.53 bits per heavy atom. The number of nitrogens with zero attached hydrogens (tertiary/aromatic N) is 5. The van der Waals surface area contributed by atoms with Crippen LogP contribution < -0.4 is 20.7 Å². The molecule has 3 aromatic heterocycles. The number of carbonyl (C=O) groups is 2. The highest BCUT2D eigenvalue weighted by atomic mass is 32.2. The summed E-state index contributed by atoms with van der Waals surface area (Å²) in [5.41, 5.74) is 8.21. The summed E-state index contributed by atoms with van der Waals surface area (Å²) in [6.45, 7) is 1.67. The van der Waals surface area contributed by atoms with Crippen molar-refractivity contribution in [2.45, 2.75) is 37.2 Å². The summed E-state index contributed by atoms with van der Waals surface area (Å²) in [5.74, 6) is -2.70. The number of para-hydroxylation sites is 1. The van der Waals surface area contributed by atoms with Crippen LogP contribution in [0.15, 0.2) is 42.5 Å². The number of anilines is 2. The predicted octanol–water partition coefficient (Wildman–Crippen LogP) is 4.18. The van der Waals surface area contributed by atoms with Gasteiger partial charge in [-0.2, -0.15) is 10.1 Å². The van der Waals surface area contributed by atoms with Crippen molar-refractivity contribution in [3.8, 4) is 11.1 Å². The van der Waals surface area contributed by atoms with Crippen molar-refractivity contribution in [1.82, 2.24) is 25.1 Å². The van der Waals surface area contributed by atoms with Crippen LogP contribution in [0.5, 0.6) is 0 Å². The molecule has 1 atom stereocenters. The highest BCUT2D eigenvalue weighted by Gasteiger charge is 2.43. The molecule has 0 bridgehead atoms. The molecule has 0 unspecified atom stereocenters. The van der Waals surface area contributed by atoms with Gasteiger partial charge in [0.15, 0.2) is 16.6 Å². The van der Waals surface area contributed by atoms with Gasteiger partial charge in [-0.15, -0.1) is 0 Å². The van der Waals surface area contributed by atoms with Gasteiger partial charge in [-0.3, -0.25) is 14.2 Å². The number of nitrogens with two attached hydrogens (primary N) is 1. The van der Waals surface area contributed by atoms with E-state index in [1.165, 1.54) is 23.5 Å². The minimum Gasteiger partial charge on any atom is -0.441 e. The predicted molar refractivity (Wildman–Crippen MR) is 181 cm³/mol. The number of aryl methyl sites for hydroxylation is 1. The van der Waals surface area contributed by atoms with Crippen LogP contribution in [0.2, 0.25) is 0 Å². The van der Waals surface area contributed by atoms with Gasteiger partial charge in [0.25, 0.3) is 0 Å². The molecule has 256 valence electrons. The lowest BCUT2D eigenvalue weighted by Gasteiger charge is -2.36. The Bertz CT molecular complexity index is 2230. The molecular weight excluding hydrogens is 679 g/mol. The number of hydrogen-bond donors (Lipinski definition) is 3. The molecule has 17 heteroatoms. The number of sulfonamides is 1. The lowest BCUT2D eigenvalue weighted by atomic mass is 9.87. The molecular formula is C32H32F2N8O5S2. The average molecular weight is 711 g/mol. The molecule has 5 heterocycles. The first-order chi connectivity index (χ1) is 23.3.